The fourth-order valence-electron chi connectivity index (χ4n) is 4.24. The van der Waals surface area contributed by atoms with Gasteiger partial charge in [0.1, 0.15) is 24.4 Å². The normalized spacial score (nSPS) is 18.0. The number of rotatable bonds is 8. The topological polar surface area (TPSA) is 247 Å². The first-order chi connectivity index (χ1) is 19.9. The van der Waals surface area contributed by atoms with E-state index in [0.717, 1.165) is 6.07 Å². The number of nitro groups is 1. The number of hydrogen-bond donors (Lipinski definition) is 6. The van der Waals surface area contributed by atoms with Gasteiger partial charge in [-0.15, -0.1) is 0 Å². The molecule has 15 nitrogen and oxygen atoms in total. The van der Waals surface area contributed by atoms with Crippen LogP contribution in [0.4, 0.5) is 11.4 Å². The van der Waals surface area contributed by atoms with E-state index in [0.29, 0.717) is 18.4 Å². The van der Waals surface area contributed by atoms with Crippen LogP contribution >= 0.6 is 0 Å². The molecule has 2 aromatic carbocycles. The van der Waals surface area contributed by atoms with E-state index >= 15 is 0 Å². The van der Waals surface area contributed by atoms with Crippen molar-refractivity contribution in [1.82, 2.24) is 10.6 Å². The smallest absolute Gasteiger partial charge is 0.270 e. The van der Waals surface area contributed by atoms with Gasteiger partial charge >= 0.3 is 0 Å². The molecule has 0 saturated carbocycles. The molecule has 0 radical (unpaired) electrons. The molecule has 224 valence electrons. The summed E-state index contributed by atoms with van der Waals surface area (Å²) < 4.78 is 5.89. The molecule has 0 unspecified atom stereocenters. The third kappa shape index (κ3) is 7.93. The van der Waals surface area contributed by atoms with Gasteiger partial charge in [-0.1, -0.05) is 26.3 Å². The molecule has 0 bridgehead atoms. The first-order valence-corrected chi connectivity index (χ1v) is 13.2. The number of nitro benzene ring substituents is 1. The Morgan fingerprint density at radius 2 is 1.86 bits per heavy atom. The monoisotopic (exact) mass is 582 g/mol. The number of guanidine groups is 1. The maximum Gasteiger partial charge on any atom is 0.270 e. The van der Waals surface area contributed by atoms with E-state index in [1.807, 2.05) is 6.92 Å². The highest BCUT2D eigenvalue weighted by Gasteiger charge is 2.32. The summed E-state index contributed by atoms with van der Waals surface area (Å²) in [6, 6.07) is 5.66. The standard InChI is InChI=1S/C27H34N8O7/c1-3-14(2)22-26(39)32-19(5-4-10-31-27(29)30)25(38)33-20-11-15(23(28)36)6-7-16(20)13-42-21-9-8-17(35(40)41)12-18(21)24(37)34-22/h6-9,11-12,14,19,22H,3-5,10,13H2,1-2H3,(H2,28,36)(H,32,39)(H,33,38)(H,34,37)(H4,29,30,31)/t14-,19-,22-/m0/s1. The molecule has 1 aliphatic rings. The van der Waals surface area contributed by atoms with Crippen molar-refractivity contribution in [2.24, 2.45) is 28.1 Å². The number of nitrogens with two attached hydrogens (primary N) is 3. The number of aliphatic imine (C=N–C) groups is 1. The van der Waals surface area contributed by atoms with E-state index in [-0.39, 0.29) is 59.7 Å². The predicted molar refractivity (Wildman–Crippen MR) is 154 cm³/mol. The average Bonchev–Trinajstić information content (AvgIpc) is 2.95. The maximum absolute atomic E-state index is 13.5. The second kappa shape index (κ2) is 13.9. The molecule has 15 heteroatoms. The van der Waals surface area contributed by atoms with Gasteiger partial charge in [0.05, 0.1) is 10.5 Å². The fraction of sp³-hybridized carbons (Fsp3) is 0.370. The van der Waals surface area contributed by atoms with Gasteiger partial charge in [-0.25, -0.2) is 0 Å². The molecule has 1 aliphatic heterocycles. The van der Waals surface area contributed by atoms with Gasteiger partial charge in [0.25, 0.3) is 11.6 Å². The van der Waals surface area contributed by atoms with Gasteiger partial charge in [0, 0.05) is 35.5 Å². The number of carbonyl (C=O) groups excluding carboxylic acids is 4. The molecule has 1 heterocycles. The summed E-state index contributed by atoms with van der Waals surface area (Å²) >= 11 is 0. The number of nitrogens with one attached hydrogen (secondary N) is 3. The summed E-state index contributed by atoms with van der Waals surface area (Å²) in [5, 5.41) is 19.6. The average molecular weight is 583 g/mol. The van der Waals surface area contributed by atoms with Crippen molar-refractivity contribution in [2.45, 2.75) is 51.8 Å². The Balaban J connectivity index is 2.11. The van der Waals surface area contributed by atoms with Crippen molar-refractivity contribution in [3.05, 3.63) is 63.2 Å². The van der Waals surface area contributed by atoms with Gasteiger partial charge in [-0.3, -0.25) is 34.3 Å². The summed E-state index contributed by atoms with van der Waals surface area (Å²) in [6.45, 7) is 3.57. The number of hydrogen-bond acceptors (Lipinski definition) is 8. The molecule has 0 saturated heterocycles. The number of nitrogens with zero attached hydrogens (tertiary/aromatic N) is 2. The van der Waals surface area contributed by atoms with Crippen LogP contribution in [-0.4, -0.2) is 53.1 Å². The van der Waals surface area contributed by atoms with Crippen molar-refractivity contribution in [2.75, 3.05) is 11.9 Å². The summed E-state index contributed by atoms with van der Waals surface area (Å²) in [5.74, 6) is -3.25. The lowest BCUT2D eigenvalue weighted by molar-refractivity contribution is -0.384. The zero-order valence-corrected chi connectivity index (χ0v) is 23.2. The van der Waals surface area contributed by atoms with Gasteiger partial charge in [0.2, 0.25) is 17.7 Å². The molecule has 0 fully saturated rings. The molecule has 0 spiro atoms. The molecule has 0 aliphatic carbocycles. The van der Waals surface area contributed by atoms with E-state index in [2.05, 4.69) is 20.9 Å². The highest BCUT2D eigenvalue weighted by Crippen LogP contribution is 2.28. The van der Waals surface area contributed by atoms with Gasteiger partial charge in [-0.05, 0) is 37.0 Å². The predicted octanol–water partition coefficient (Wildman–Crippen LogP) is 0.908. The Morgan fingerprint density at radius 1 is 1.12 bits per heavy atom. The van der Waals surface area contributed by atoms with Crippen LogP contribution in [0.3, 0.4) is 0 Å². The molecular formula is C27H34N8O7. The van der Waals surface area contributed by atoms with Crippen LogP contribution in [0.5, 0.6) is 5.75 Å². The number of benzene rings is 2. The number of anilines is 1. The molecule has 3 rings (SSSR count). The lowest BCUT2D eigenvalue weighted by atomic mass is 9.97. The van der Waals surface area contributed by atoms with Crippen LogP contribution in [0.25, 0.3) is 0 Å². The summed E-state index contributed by atoms with van der Waals surface area (Å²) in [5.41, 5.74) is 16.4. The fourth-order valence-corrected chi connectivity index (χ4v) is 4.24. The first-order valence-electron chi connectivity index (χ1n) is 13.2. The highest BCUT2D eigenvalue weighted by molar-refractivity contribution is 6.03. The highest BCUT2D eigenvalue weighted by atomic mass is 16.6. The zero-order chi connectivity index (χ0) is 31.0. The van der Waals surface area contributed by atoms with E-state index in [1.165, 1.54) is 30.3 Å². The Hall–Kier alpha value is -5.21. The number of carbonyl (C=O) groups is 4. The minimum Gasteiger partial charge on any atom is -0.488 e. The van der Waals surface area contributed by atoms with E-state index in [1.54, 1.807) is 6.92 Å². The van der Waals surface area contributed by atoms with Gasteiger partial charge in [0.15, 0.2) is 5.96 Å². The molecular weight excluding hydrogens is 548 g/mol. The molecule has 9 N–H and O–H groups in total. The number of non-ortho nitro benzene ring substituents is 1. The van der Waals surface area contributed by atoms with Crippen LogP contribution in [0, 0.1) is 16.0 Å². The van der Waals surface area contributed by atoms with Crippen molar-refractivity contribution >= 4 is 41.0 Å². The van der Waals surface area contributed by atoms with Crippen molar-refractivity contribution in [1.29, 1.82) is 0 Å². The Bertz CT molecular complexity index is 1410. The lowest BCUT2D eigenvalue weighted by Crippen LogP contribution is -2.55. The van der Waals surface area contributed by atoms with Crippen molar-refractivity contribution in [3.8, 4) is 5.75 Å². The Labute approximate surface area is 241 Å². The number of amides is 4. The molecule has 0 aromatic heterocycles. The van der Waals surface area contributed by atoms with Crippen molar-refractivity contribution in [3.63, 3.8) is 0 Å². The second-order valence-electron chi connectivity index (χ2n) is 9.80. The van der Waals surface area contributed by atoms with Crippen LogP contribution in [-0.2, 0) is 16.2 Å². The summed E-state index contributed by atoms with van der Waals surface area (Å²) in [7, 11) is 0. The largest absolute Gasteiger partial charge is 0.488 e. The molecule has 42 heavy (non-hydrogen) atoms. The van der Waals surface area contributed by atoms with E-state index in [9.17, 15) is 29.3 Å². The van der Waals surface area contributed by atoms with Gasteiger partial charge in [-0.2, -0.15) is 0 Å². The minimum atomic E-state index is -1.10. The minimum absolute atomic E-state index is 0.00679. The number of ether oxygens (including phenoxy) is 1. The quantitative estimate of drug-likeness (QED) is 0.0849. The Morgan fingerprint density at radius 3 is 2.50 bits per heavy atom. The zero-order valence-electron chi connectivity index (χ0n) is 23.2. The van der Waals surface area contributed by atoms with Crippen LogP contribution in [0.1, 0.15) is 59.4 Å². The van der Waals surface area contributed by atoms with E-state index in [4.69, 9.17) is 21.9 Å². The molecule has 3 atom stereocenters. The second-order valence-corrected chi connectivity index (χ2v) is 9.80. The SMILES string of the molecule is CC[C@H](C)[C@@H]1NC(=O)c2cc([N+](=O)[O-])ccc2OCc2ccc(C(N)=O)cc2NC(=O)[C@H](CCCN=C(N)N)NC1=O. The molecule has 4 amide bonds. The third-order valence-electron chi connectivity index (χ3n) is 6.81. The van der Waals surface area contributed by atoms with E-state index < -0.39 is 40.6 Å². The van der Waals surface area contributed by atoms with Crippen molar-refractivity contribution < 1.29 is 28.8 Å². The lowest BCUT2D eigenvalue weighted by Gasteiger charge is -2.27. The third-order valence-corrected chi connectivity index (χ3v) is 6.81. The van der Waals surface area contributed by atoms with Crippen LogP contribution in [0.2, 0.25) is 0 Å². The number of primary amides is 1. The summed E-state index contributed by atoms with van der Waals surface area (Å²) in [6.07, 6.45) is 0.943. The maximum atomic E-state index is 13.5. The first kappa shape index (κ1) is 31.3. The number of fused-ring (bicyclic) bond motifs is 2. The summed E-state index contributed by atoms with van der Waals surface area (Å²) in [4.78, 5) is 67.1. The van der Waals surface area contributed by atoms with Gasteiger partial charge < -0.3 is 37.9 Å². The van der Waals surface area contributed by atoms with Crippen LogP contribution in [0.15, 0.2) is 41.4 Å². The van der Waals surface area contributed by atoms with Crippen LogP contribution < -0.4 is 37.9 Å². The Kier molecular flexibility index (Phi) is 10.4. The molecule has 2 aromatic rings.